The highest BCUT2D eigenvalue weighted by Crippen LogP contribution is 2.29. The number of hydrogen-bond donors (Lipinski definition) is 2. The second kappa shape index (κ2) is 6.82. The van der Waals surface area contributed by atoms with Gasteiger partial charge in [-0.1, -0.05) is 6.92 Å². The molecule has 2 N–H and O–H groups in total. The third-order valence-electron chi connectivity index (χ3n) is 4.16. The van der Waals surface area contributed by atoms with Crippen LogP contribution in [-0.4, -0.2) is 22.7 Å². The van der Waals surface area contributed by atoms with Crippen LogP contribution >= 0.6 is 11.3 Å². The molecule has 108 valence electrons. The quantitative estimate of drug-likeness (QED) is 0.871. The largest absolute Gasteiger partial charge is 0.396 e. The third-order valence-corrected chi connectivity index (χ3v) is 5.65. The molecule has 1 aliphatic carbocycles. The highest BCUT2D eigenvalue weighted by molar-refractivity contribution is 7.11. The van der Waals surface area contributed by atoms with Crippen LogP contribution < -0.4 is 5.32 Å². The summed E-state index contributed by atoms with van der Waals surface area (Å²) >= 11 is 1.85. The first kappa shape index (κ1) is 14.9. The summed E-state index contributed by atoms with van der Waals surface area (Å²) in [5.41, 5.74) is 1.19. The van der Waals surface area contributed by atoms with E-state index in [4.69, 9.17) is 0 Å². The average Bonchev–Trinajstić information content (AvgIpc) is 2.81. The van der Waals surface area contributed by atoms with Crippen LogP contribution in [0.15, 0.2) is 0 Å². The van der Waals surface area contributed by atoms with Gasteiger partial charge in [-0.15, -0.1) is 11.3 Å². The molecule has 0 spiro atoms. The molecule has 0 amide bonds. The van der Waals surface area contributed by atoms with Crippen molar-refractivity contribution in [3.8, 4) is 0 Å². The molecule has 0 saturated heterocycles. The van der Waals surface area contributed by atoms with Crippen LogP contribution in [0, 0.1) is 12.8 Å². The highest BCUT2D eigenvalue weighted by atomic mass is 32.1. The average molecular weight is 282 g/mol. The second-order valence-electron chi connectivity index (χ2n) is 5.70. The molecule has 4 heteroatoms. The molecule has 3 nitrogen and oxygen atoms in total. The normalized spacial score (nSPS) is 25.5. The fourth-order valence-electron chi connectivity index (χ4n) is 2.96. The van der Waals surface area contributed by atoms with Crippen molar-refractivity contribution < 1.29 is 5.11 Å². The highest BCUT2D eigenvalue weighted by Gasteiger charge is 2.23. The van der Waals surface area contributed by atoms with E-state index in [-0.39, 0.29) is 0 Å². The molecular formula is C15H26N2OS. The van der Waals surface area contributed by atoms with Gasteiger partial charge < -0.3 is 10.4 Å². The minimum Gasteiger partial charge on any atom is -0.396 e. The van der Waals surface area contributed by atoms with Crippen LogP contribution in [0.2, 0.25) is 0 Å². The fourth-order valence-corrected chi connectivity index (χ4v) is 3.98. The molecule has 1 atom stereocenters. The van der Waals surface area contributed by atoms with Crippen molar-refractivity contribution in [2.24, 2.45) is 5.92 Å². The predicted octanol–water partition coefficient (Wildman–Crippen LogP) is 3.22. The Morgan fingerprint density at radius 1 is 1.37 bits per heavy atom. The van der Waals surface area contributed by atoms with E-state index in [1.807, 2.05) is 11.3 Å². The lowest BCUT2D eigenvalue weighted by atomic mass is 9.86. The zero-order valence-electron chi connectivity index (χ0n) is 12.3. The van der Waals surface area contributed by atoms with Crippen molar-refractivity contribution in [3.05, 3.63) is 15.6 Å². The number of thiazole rings is 1. The summed E-state index contributed by atoms with van der Waals surface area (Å²) < 4.78 is 0. The molecule has 0 bridgehead atoms. The topological polar surface area (TPSA) is 45.2 Å². The number of aromatic nitrogens is 1. The summed E-state index contributed by atoms with van der Waals surface area (Å²) in [4.78, 5) is 6.00. The van der Waals surface area contributed by atoms with Gasteiger partial charge in [-0.2, -0.15) is 0 Å². The van der Waals surface area contributed by atoms with Gasteiger partial charge in [0.05, 0.1) is 10.7 Å². The van der Waals surface area contributed by atoms with Crippen molar-refractivity contribution in [1.29, 1.82) is 0 Å². The standard InChI is InChI=1S/C15H26N2OS/c1-4-14-17-11(3)15(19-14)10(2)16-13-7-5-12(9-18)6-8-13/h10,12-13,16,18H,4-9H2,1-3H3. The minimum absolute atomic E-state index is 0.357. The molecule has 0 radical (unpaired) electrons. The Balaban J connectivity index is 1.90. The molecule has 1 saturated carbocycles. The van der Waals surface area contributed by atoms with Crippen molar-refractivity contribution in [2.75, 3.05) is 6.61 Å². The Hall–Kier alpha value is -0.450. The van der Waals surface area contributed by atoms with Gasteiger partial charge in [0.2, 0.25) is 0 Å². The Morgan fingerprint density at radius 3 is 2.58 bits per heavy atom. The number of aliphatic hydroxyl groups excluding tert-OH is 1. The van der Waals surface area contributed by atoms with Gasteiger partial charge >= 0.3 is 0 Å². The zero-order chi connectivity index (χ0) is 13.8. The number of aryl methyl sites for hydroxylation is 2. The van der Waals surface area contributed by atoms with E-state index >= 15 is 0 Å². The molecule has 2 rings (SSSR count). The number of hydrogen-bond acceptors (Lipinski definition) is 4. The van der Waals surface area contributed by atoms with E-state index in [1.165, 1.54) is 28.4 Å². The summed E-state index contributed by atoms with van der Waals surface area (Å²) in [5, 5.41) is 14.2. The van der Waals surface area contributed by atoms with Crippen LogP contribution in [0.4, 0.5) is 0 Å². The Bertz CT molecular complexity index is 397. The molecule has 0 aromatic carbocycles. The molecule has 1 aromatic heterocycles. The zero-order valence-corrected chi connectivity index (χ0v) is 13.1. The van der Waals surface area contributed by atoms with E-state index in [9.17, 15) is 5.11 Å². The maximum absolute atomic E-state index is 9.18. The lowest BCUT2D eigenvalue weighted by Crippen LogP contribution is -2.35. The molecule has 1 aliphatic rings. The summed E-state index contributed by atoms with van der Waals surface area (Å²) in [5.74, 6) is 0.533. The van der Waals surface area contributed by atoms with Gasteiger partial charge in [0.15, 0.2) is 0 Å². The summed E-state index contributed by atoms with van der Waals surface area (Å²) in [7, 11) is 0. The van der Waals surface area contributed by atoms with E-state index in [1.54, 1.807) is 0 Å². The maximum atomic E-state index is 9.18. The van der Waals surface area contributed by atoms with Crippen LogP contribution in [0.5, 0.6) is 0 Å². The van der Waals surface area contributed by atoms with Crippen molar-refractivity contribution in [2.45, 2.75) is 65.0 Å². The first-order valence-electron chi connectivity index (χ1n) is 7.47. The van der Waals surface area contributed by atoms with Crippen molar-refractivity contribution in [3.63, 3.8) is 0 Å². The van der Waals surface area contributed by atoms with Gasteiger partial charge in [0, 0.05) is 23.6 Å². The molecule has 1 fully saturated rings. The number of nitrogens with zero attached hydrogens (tertiary/aromatic N) is 1. The number of nitrogens with one attached hydrogen (secondary N) is 1. The molecule has 1 unspecified atom stereocenters. The fraction of sp³-hybridized carbons (Fsp3) is 0.800. The van der Waals surface area contributed by atoms with Crippen molar-refractivity contribution in [1.82, 2.24) is 10.3 Å². The third kappa shape index (κ3) is 3.77. The summed E-state index contributed by atoms with van der Waals surface area (Å²) in [6.07, 6.45) is 5.72. The number of rotatable bonds is 5. The second-order valence-corrected chi connectivity index (χ2v) is 6.81. The first-order valence-corrected chi connectivity index (χ1v) is 8.28. The Morgan fingerprint density at radius 2 is 2.05 bits per heavy atom. The predicted molar refractivity (Wildman–Crippen MR) is 80.6 cm³/mol. The molecule has 19 heavy (non-hydrogen) atoms. The molecule has 0 aliphatic heterocycles. The van der Waals surface area contributed by atoms with E-state index in [0.29, 0.717) is 24.6 Å². The Labute approximate surface area is 120 Å². The van der Waals surface area contributed by atoms with Gasteiger partial charge in [-0.3, -0.25) is 0 Å². The van der Waals surface area contributed by atoms with Crippen molar-refractivity contribution >= 4 is 11.3 Å². The minimum atomic E-state index is 0.357. The van der Waals surface area contributed by atoms with Crippen LogP contribution in [-0.2, 0) is 6.42 Å². The summed E-state index contributed by atoms with van der Waals surface area (Å²) in [6, 6.07) is 0.998. The van der Waals surface area contributed by atoms with Gasteiger partial charge in [0.25, 0.3) is 0 Å². The summed E-state index contributed by atoms with van der Waals surface area (Å²) in [6.45, 7) is 6.89. The Kier molecular flexibility index (Phi) is 5.37. The van der Waals surface area contributed by atoms with Crippen LogP contribution in [0.1, 0.15) is 61.2 Å². The van der Waals surface area contributed by atoms with E-state index < -0.39 is 0 Å². The van der Waals surface area contributed by atoms with Gasteiger partial charge in [-0.05, 0) is 51.9 Å². The van der Waals surface area contributed by atoms with Crippen LogP contribution in [0.25, 0.3) is 0 Å². The SMILES string of the molecule is CCc1nc(C)c(C(C)NC2CCC(CO)CC2)s1. The molecule has 1 heterocycles. The lowest BCUT2D eigenvalue weighted by molar-refractivity contribution is 0.172. The molecule has 1 aromatic rings. The lowest BCUT2D eigenvalue weighted by Gasteiger charge is -2.30. The monoisotopic (exact) mass is 282 g/mol. The van der Waals surface area contributed by atoms with Gasteiger partial charge in [-0.25, -0.2) is 4.98 Å². The number of aliphatic hydroxyl groups is 1. The van der Waals surface area contributed by atoms with E-state index in [0.717, 1.165) is 19.3 Å². The van der Waals surface area contributed by atoms with Gasteiger partial charge in [0.1, 0.15) is 0 Å². The first-order chi connectivity index (χ1) is 9.13. The van der Waals surface area contributed by atoms with Crippen LogP contribution in [0.3, 0.4) is 0 Å². The van der Waals surface area contributed by atoms with E-state index in [2.05, 4.69) is 31.1 Å². The maximum Gasteiger partial charge on any atom is 0.0928 e. The smallest absolute Gasteiger partial charge is 0.0928 e. The molecular weight excluding hydrogens is 256 g/mol.